The van der Waals surface area contributed by atoms with Crippen molar-refractivity contribution in [1.82, 2.24) is 0 Å². The zero-order valence-corrected chi connectivity index (χ0v) is 12.7. The van der Waals surface area contributed by atoms with Crippen molar-refractivity contribution in [1.29, 1.82) is 0 Å². The number of anilines is 1. The highest BCUT2D eigenvalue weighted by Gasteiger charge is 2.14. The van der Waals surface area contributed by atoms with Crippen LogP contribution in [0.25, 0.3) is 0 Å². The summed E-state index contributed by atoms with van der Waals surface area (Å²) in [6.45, 7) is 1.87. The van der Waals surface area contributed by atoms with Gasteiger partial charge in [-0.1, -0.05) is 12.1 Å². The van der Waals surface area contributed by atoms with E-state index in [0.717, 1.165) is 11.6 Å². The summed E-state index contributed by atoms with van der Waals surface area (Å²) in [4.78, 5) is 23.3. The maximum Gasteiger partial charge on any atom is 0.256 e. The van der Waals surface area contributed by atoms with Gasteiger partial charge in [-0.25, -0.2) is 4.39 Å². The summed E-state index contributed by atoms with van der Waals surface area (Å²) in [5.41, 5.74) is 6.46. The van der Waals surface area contributed by atoms with Crippen molar-refractivity contribution in [3.8, 4) is 0 Å². The number of hydrogen-bond donors (Lipinski definition) is 2. The van der Waals surface area contributed by atoms with Crippen LogP contribution in [0.3, 0.4) is 0 Å². The number of amides is 2. The Morgan fingerprint density at radius 2 is 1.90 bits per heavy atom. The van der Waals surface area contributed by atoms with Crippen LogP contribution in [-0.2, 0) is 0 Å². The van der Waals surface area contributed by atoms with Crippen molar-refractivity contribution >= 4 is 33.4 Å². The van der Waals surface area contributed by atoms with E-state index in [1.54, 1.807) is 12.1 Å². The van der Waals surface area contributed by atoms with E-state index in [1.807, 2.05) is 13.0 Å². The molecule has 0 spiro atoms. The van der Waals surface area contributed by atoms with E-state index >= 15 is 0 Å². The average Bonchev–Trinajstić information content (AvgIpc) is 2.43. The highest BCUT2D eigenvalue weighted by Crippen LogP contribution is 2.22. The molecule has 0 atom stereocenters. The van der Waals surface area contributed by atoms with E-state index in [1.165, 1.54) is 12.1 Å². The fraction of sp³-hybridized carbons (Fsp3) is 0.0667. The second-order valence-electron chi connectivity index (χ2n) is 4.45. The van der Waals surface area contributed by atoms with Gasteiger partial charge >= 0.3 is 0 Å². The molecule has 0 saturated carbocycles. The molecule has 0 aliphatic heterocycles. The molecule has 0 bridgehead atoms. The number of aryl methyl sites for hydroxylation is 1. The summed E-state index contributed by atoms with van der Waals surface area (Å²) in [7, 11) is 0. The topological polar surface area (TPSA) is 72.2 Å². The van der Waals surface area contributed by atoms with Gasteiger partial charge < -0.3 is 11.1 Å². The number of primary amides is 1. The van der Waals surface area contributed by atoms with Crippen LogP contribution in [0.15, 0.2) is 40.9 Å². The van der Waals surface area contributed by atoms with Crippen LogP contribution in [-0.4, -0.2) is 11.8 Å². The first-order valence-electron chi connectivity index (χ1n) is 6.06. The maximum atomic E-state index is 13.4. The summed E-state index contributed by atoms with van der Waals surface area (Å²) in [5.74, 6) is -1.98. The summed E-state index contributed by atoms with van der Waals surface area (Å²) in [6.07, 6.45) is 0. The highest BCUT2D eigenvalue weighted by molar-refractivity contribution is 9.10. The third-order valence-electron chi connectivity index (χ3n) is 2.93. The van der Waals surface area contributed by atoms with Gasteiger partial charge in [0.2, 0.25) is 0 Å². The zero-order chi connectivity index (χ0) is 15.6. The first-order chi connectivity index (χ1) is 9.90. The summed E-state index contributed by atoms with van der Waals surface area (Å²) < 4.78 is 14.1. The van der Waals surface area contributed by atoms with Crippen LogP contribution in [0.1, 0.15) is 26.3 Å². The predicted octanol–water partition coefficient (Wildman–Crippen LogP) is 3.25. The molecule has 108 valence electrons. The van der Waals surface area contributed by atoms with Gasteiger partial charge in [-0.3, -0.25) is 9.59 Å². The third-order valence-corrected chi connectivity index (χ3v) is 3.98. The second kappa shape index (κ2) is 6.05. The standard InChI is InChI=1S/C15H12BrFN2O2/c1-8-3-2-4-10(13(8)16)15(21)19-9-5-6-12(17)11(7-9)14(18)20/h2-7H,1H3,(H2,18,20)(H,19,21). The Kier molecular flexibility index (Phi) is 4.37. The molecule has 2 aromatic carbocycles. The lowest BCUT2D eigenvalue weighted by atomic mass is 10.1. The summed E-state index contributed by atoms with van der Waals surface area (Å²) >= 11 is 3.35. The Morgan fingerprint density at radius 3 is 2.57 bits per heavy atom. The van der Waals surface area contributed by atoms with Gasteiger partial charge in [-0.15, -0.1) is 0 Å². The maximum absolute atomic E-state index is 13.4. The molecule has 4 nitrogen and oxygen atoms in total. The molecule has 0 saturated heterocycles. The SMILES string of the molecule is Cc1cccc(C(=O)Nc2ccc(F)c(C(N)=O)c2)c1Br. The van der Waals surface area contributed by atoms with Gasteiger partial charge in [0.15, 0.2) is 0 Å². The number of benzene rings is 2. The highest BCUT2D eigenvalue weighted by atomic mass is 79.9. The Morgan fingerprint density at radius 1 is 1.19 bits per heavy atom. The Labute approximate surface area is 129 Å². The molecule has 21 heavy (non-hydrogen) atoms. The molecule has 0 radical (unpaired) electrons. The van der Waals surface area contributed by atoms with Crippen LogP contribution in [0.4, 0.5) is 10.1 Å². The van der Waals surface area contributed by atoms with Crippen molar-refractivity contribution < 1.29 is 14.0 Å². The molecule has 0 fully saturated rings. The molecule has 0 aromatic heterocycles. The lowest BCUT2D eigenvalue weighted by Gasteiger charge is -2.09. The van der Waals surface area contributed by atoms with Gasteiger partial charge in [-0.05, 0) is 52.7 Å². The normalized spacial score (nSPS) is 10.2. The smallest absolute Gasteiger partial charge is 0.256 e. The zero-order valence-electron chi connectivity index (χ0n) is 11.1. The van der Waals surface area contributed by atoms with E-state index in [2.05, 4.69) is 21.2 Å². The molecule has 0 unspecified atom stereocenters. The second-order valence-corrected chi connectivity index (χ2v) is 5.24. The molecule has 3 N–H and O–H groups in total. The van der Waals surface area contributed by atoms with Crippen molar-refractivity contribution in [3.05, 3.63) is 63.4 Å². The minimum absolute atomic E-state index is 0.267. The quantitative estimate of drug-likeness (QED) is 0.891. The van der Waals surface area contributed by atoms with Crippen molar-refractivity contribution in [2.75, 3.05) is 5.32 Å². The minimum Gasteiger partial charge on any atom is -0.366 e. The van der Waals surface area contributed by atoms with Crippen LogP contribution >= 0.6 is 15.9 Å². The Balaban J connectivity index is 2.30. The molecule has 0 aliphatic carbocycles. The van der Waals surface area contributed by atoms with Crippen molar-refractivity contribution in [2.45, 2.75) is 6.92 Å². The largest absolute Gasteiger partial charge is 0.366 e. The molecule has 2 amide bonds. The molecule has 2 rings (SSSR count). The first-order valence-corrected chi connectivity index (χ1v) is 6.85. The van der Waals surface area contributed by atoms with E-state index < -0.39 is 11.7 Å². The van der Waals surface area contributed by atoms with Crippen LogP contribution in [0.5, 0.6) is 0 Å². The van der Waals surface area contributed by atoms with E-state index in [4.69, 9.17) is 5.73 Å². The van der Waals surface area contributed by atoms with Crippen molar-refractivity contribution in [2.24, 2.45) is 5.73 Å². The molecule has 0 aliphatic rings. The molecule has 2 aromatic rings. The first kappa shape index (κ1) is 15.2. The van der Waals surface area contributed by atoms with Crippen LogP contribution in [0.2, 0.25) is 0 Å². The number of rotatable bonds is 3. The lowest BCUT2D eigenvalue weighted by molar-refractivity contribution is 0.0992. The van der Waals surface area contributed by atoms with Crippen LogP contribution in [0, 0.1) is 12.7 Å². The van der Waals surface area contributed by atoms with Gasteiger partial charge in [0.05, 0.1) is 11.1 Å². The summed E-state index contributed by atoms with van der Waals surface area (Å²) in [5, 5.41) is 2.61. The van der Waals surface area contributed by atoms with E-state index in [-0.39, 0.29) is 11.5 Å². The van der Waals surface area contributed by atoms with Gasteiger partial charge in [0.1, 0.15) is 5.82 Å². The van der Waals surface area contributed by atoms with Crippen molar-refractivity contribution in [3.63, 3.8) is 0 Å². The average molecular weight is 351 g/mol. The molecule has 6 heteroatoms. The number of carbonyl (C=O) groups is 2. The van der Waals surface area contributed by atoms with Gasteiger partial charge in [0, 0.05) is 10.2 Å². The third kappa shape index (κ3) is 3.28. The van der Waals surface area contributed by atoms with E-state index in [0.29, 0.717) is 15.7 Å². The number of nitrogens with one attached hydrogen (secondary N) is 1. The lowest BCUT2D eigenvalue weighted by Crippen LogP contribution is -2.16. The van der Waals surface area contributed by atoms with Gasteiger partial charge in [-0.2, -0.15) is 0 Å². The number of nitrogens with two attached hydrogens (primary N) is 1. The number of hydrogen-bond acceptors (Lipinski definition) is 2. The molecular formula is C15H12BrFN2O2. The molecule has 0 heterocycles. The van der Waals surface area contributed by atoms with Gasteiger partial charge in [0.25, 0.3) is 11.8 Å². The number of halogens is 2. The monoisotopic (exact) mass is 350 g/mol. The Hall–Kier alpha value is -2.21. The fourth-order valence-electron chi connectivity index (χ4n) is 1.81. The minimum atomic E-state index is -0.889. The fourth-order valence-corrected chi connectivity index (χ4v) is 2.26. The summed E-state index contributed by atoms with van der Waals surface area (Å²) in [6, 6.07) is 8.94. The predicted molar refractivity (Wildman–Crippen MR) is 81.8 cm³/mol. The molecular weight excluding hydrogens is 339 g/mol. The van der Waals surface area contributed by atoms with Crippen LogP contribution < -0.4 is 11.1 Å². The number of carbonyl (C=O) groups excluding carboxylic acids is 2. The van der Waals surface area contributed by atoms with E-state index in [9.17, 15) is 14.0 Å². The Bertz CT molecular complexity index is 732.